The van der Waals surface area contributed by atoms with E-state index in [-0.39, 0.29) is 17.8 Å². The van der Waals surface area contributed by atoms with Gasteiger partial charge in [0.15, 0.2) is 11.0 Å². The second kappa shape index (κ2) is 10.5. The van der Waals surface area contributed by atoms with E-state index in [1.165, 1.54) is 30.2 Å². The van der Waals surface area contributed by atoms with Gasteiger partial charge in [-0.15, -0.1) is 21.5 Å². The monoisotopic (exact) mass is 490 g/mol. The van der Waals surface area contributed by atoms with E-state index in [9.17, 15) is 9.59 Å². The summed E-state index contributed by atoms with van der Waals surface area (Å²) in [4.78, 5) is 25.8. The van der Waals surface area contributed by atoms with Gasteiger partial charge in [0.2, 0.25) is 5.91 Å². The molecule has 0 aromatic carbocycles. The van der Waals surface area contributed by atoms with E-state index in [1.807, 2.05) is 24.5 Å². The third-order valence-corrected chi connectivity index (χ3v) is 7.51. The number of ether oxygens (including phenoxy) is 2. The van der Waals surface area contributed by atoms with Crippen LogP contribution in [-0.2, 0) is 27.2 Å². The molecule has 1 aliphatic rings. The second-order valence-corrected chi connectivity index (χ2v) is 9.66. The average Bonchev–Trinajstić information content (AvgIpc) is 3.60. The van der Waals surface area contributed by atoms with Crippen LogP contribution in [0.4, 0.5) is 5.00 Å². The Morgan fingerprint density at radius 2 is 2.24 bits per heavy atom. The van der Waals surface area contributed by atoms with E-state index in [1.54, 1.807) is 12.3 Å². The molecule has 4 heterocycles. The van der Waals surface area contributed by atoms with Crippen LogP contribution in [0.25, 0.3) is 11.4 Å². The number of esters is 1. The van der Waals surface area contributed by atoms with Crippen molar-refractivity contribution in [1.82, 2.24) is 14.8 Å². The van der Waals surface area contributed by atoms with Gasteiger partial charge in [0.05, 0.1) is 42.9 Å². The first-order valence-electron chi connectivity index (χ1n) is 10.7. The Morgan fingerprint density at radius 3 is 2.91 bits per heavy atom. The molecular formula is C22H26N4O5S2. The lowest BCUT2D eigenvalue weighted by atomic mass is 10.2. The van der Waals surface area contributed by atoms with E-state index < -0.39 is 5.97 Å². The quantitative estimate of drug-likeness (QED) is 0.352. The number of hydrogen-bond donors (Lipinski definition) is 1. The zero-order valence-electron chi connectivity index (χ0n) is 18.8. The first-order chi connectivity index (χ1) is 16.0. The molecule has 0 saturated carbocycles. The fourth-order valence-corrected chi connectivity index (χ4v) is 5.38. The van der Waals surface area contributed by atoms with Crippen LogP contribution >= 0.6 is 23.1 Å². The summed E-state index contributed by atoms with van der Waals surface area (Å²) in [5.41, 5.74) is 1.24. The van der Waals surface area contributed by atoms with Gasteiger partial charge in [0, 0.05) is 11.5 Å². The number of thiophene rings is 1. The summed E-state index contributed by atoms with van der Waals surface area (Å²) >= 11 is 2.67. The summed E-state index contributed by atoms with van der Waals surface area (Å²) < 4.78 is 18.1. The summed E-state index contributed by atoms with van der Waals surface area (Å²) in [6.07, 6.45) is 4.48. The molecule has 0 radical (unpaired) electrons. The zero-order chi connectivity index (χ0) is 23.4. The van der Waals surface area contributed by atoms with Crippen molar-refractivity contribution >= 4 is 40.0 Å². The minimum atomic E-state index is -0.467. The zero-order valence-corrected chi connectivity index (χ0v) is 20.4. The topological polar surface area (TPSA) is 108 Å². The van der Waals surface area contributed by atoms with E-state index in [0.717, 1.165) is 42.1 Å². The van der Waals surface area contributed by atoms with Crippen LogP contribution in [0.1, 0.15) is 40.8 Å². The van der Waals surface area contributed by atoms with E-state index in [2.05, 4.69) is 15.5 Å². The largest absolute Gasteiger partial charge is 0.469 e. The van der Waals surface area contributed by atoms with Crippen LogP contribution in [0.15, 0.2) is 28.0 Å². The maximum Gasteiger partial charge on any atom is 0.340 e. The first kappa shape index (κ1) is 23.5. The highest BCUT2D eigenvalue weighted by Gasteiger charge is 2.24. The molecule has 1 amide bonds. The van der Waals surface area contributed by atoms with Gasteiger partial charge in [-0.25, -0.2) is 4.79 Å². The highest BCUT2D eigenvalue weighted by Crippen LogP contribution is 2.31. The van der Waals surface area contributed by atoms with Crippen molar-refractivity contribution in [3.8, 4) is 11.4 Å². The third-order valence-electron chi connectivity index (χ3n) is 5.35. The van der Waals surface area contributed by atoms with E-state index in [0.29, 0.717) is 28.1 Å². The normalized spacial score (nSPS) is 15.7. The number of methoxy groups -OCH3 is 1. The summed E-state index contributed by atoms with van der Waals surface area (Å²) in [5, 5.41) is 12.7. The van der Waals surface area contributed by atoms with Crippen molar-refractivity contribution < 1.29 is 23.5 Å². The van der Waals surface area contributed by atoms with Gasteiger partial charge in [-0.1, -0.05) is 18.7 Å². The van der Waals surface area contributed by atoms with Crippen LogP contribution in [0.5, 0.6) is 0 Å². The Morgan fingerprint density at radius 1 is 1.39 bits per heavy atom. The molecule has 1 fully saturated rings. The highest BCUT2D eigenvalue weighted by atomic mass is 32.2. The number of amides is 1. The minimum absolute atomic E-state index is 0.0846. The van der Waals surface area contributed by atoms with Gasteiger partial charge in [-0.3, -0.25) is 9.36 Å². The number of thioether (sulfide) groups is 1. The minimum Gasteiger partial charge on any atom is -0.469 e. The molecule has 1 unspecified atom stereocenters. The van der Waals surface area contributed by atoms with Gasteiger partial charge in [-0.2, -0.15) is 0 Å². The molecule has 0 bridgehead atoms. The molecule has 11 heteroatoms. The molecule has 0 spiro atoms. The lowest BCUT2D eigenvalue weighted by Crippen LogP contribution is -2.18. The maximum atomic E-state index is 12.7. The number of anilines is 1. The molecule has 3 aromatic rings. The van der Waals surface area contributed by atoms with Gasteiger partial charge < -0.3 is 19.2 Å². The summed E-state index contributed by atoms with van der Waals surface area (Å²) in [6, 6.07) is 3.62. The highest BCUT2D eigenvalue weighted by molar-refractivity contribution is 7.99. The predicted molar refractivity (Wildman–Crippen MR) is 126 cm³/mol. The molecule has 4 rings (SSSR count). The van der Waals surface area contributed by atoms with Crippen LogP contribution < -0.4 is 5.32 Å². The SMILES string of the molecule is CCc1cc(C(=O)OC)c(NC(=O)CSc2nnc(-c3ccoc3C)n2CC2CCCO2)s1. The van der Waals surface area contributed by atoms with Crippen molar-refractivity contribution in [1.29, 1.82) is 0 Å². The smallest absolute Gasteiger partial charge is 0.340 e. The molecule has 1 aliphatic heterocycles. The fraction of sp³-hybridized carbons (Fsp3) is 0.455. The van der Waals surface area contributed by atoms with Crippen LogP contribution in [0, 0.1) is 6.92 Å². The number of aryl methyl sites for hydroxylation is 2. The number of carbonyl (C=O) groups excluding carboxylic acids is 2. The number of carbonyl (C=O) groups is 2. The first-order valence-corrected chi connectivity index (χ1v) is 12.5. The second-order valence-electron chi connectivity index (χ2n) is 7.58. The van der Waals surface area contributed by atoms with Crippen molar-refractivity contribution in [3.63, 3.8) is 0 Å². The molecule has 9 nitrogen and oxygen atoms in total. The fourth-order valence-electron chi connectivity index (χ4n) is 3.63. The number of nitrogens with one attached hydrogen (secondary N) is 1. The van der Waals surface area contributed by atoms with Gasteiger partial charge in [0.1, 0.15) is 10.8 Å². The molecule has 1 N–H and O–H groups in total. The molecule has 176 valence electrons. The Kier molecular flexibility index (Phi) is 7.51. The van der Waals surface area contributed by atoms with Gasteiger partial charge in [0.25, 0.3) is 0 Å². The molecule has 1 saturated heterocycles. The van der Waals surface area contributed by atoms with Crippen LogP contribution in [0.3, 0.4) is 0 Å². The molecule has 33 heavy (non-hydrogen) atoms. The summed E-state index contributed by atoms with van der Waals surface area (Å²) in [5.74, 6) is 0.866. The Hall–Kier alpha value is -2.63. The third kappa shape index (κ3) is 5.31. The average molecular weight is 491 g/mol. The lowest BCUT2D eigenvalue weighted by Gasteiger charge is -2.14. The molecule has 0 aliphatic carbocycles. The molecule has 1 atom stereocenters. The Bertz CT molecular complexity index is 1130. The van der Waals surface area contributed by atoms with Crippen LogP contribution in [-0.4, -0.2) is 52.2 Å². The number of hydrogen-bond acceptors (Lipinski definition) is 9. The maximum absolute atomic E-state index is 12.7. The van der Waals surface area contributed by atoms with Gasteiger partial charge in [-0.05, 0) is 38.3 Å². The Labute approximate surface area is 199 Å². The van der Waals surface area contributed by atoms with E-state index in [4.69, 9.17) is 13.9 Å². The molecule has 3 aromatic heterocycles. The number of furan rings is 1. The van der Waals surface area contributed by atoms with Gasteiger partial charge >= 0.3 is 5.97 Å². The van der Waals surface area contributed by atoms with E-state index >= 15 is 0 Å². The number of rotatable bonds is 9. The predicted octanol–water partition coefficient (Wildman–Crippen LogP) is 4.17. The summed E-state index contributed by atoms with van der Waals surface area (Å²) in [7, 11) is 1.33. The van der Waals surface area contributed by atoms with Crippen molar-refractivity contribution in [2.24, 2.45) is 0 Å². The standard InChI is InChI=1S/C22H26N4O5S2/c1-4-15-10-17(21(28)29-3)20(33-15)23-18(27)12-32-22-25-24-19(16-7-9-30-13(16)2)26(22)11-14-6-5-8-31-14/h7,9-10,14H,4-6,8,11-12H2,1-3H3,(H,23,27). The Balaban J connectivity index is 1.49. The van der Waals surface area contributed by atoms with Crippen molar-refractivity contribution in [3.05, 3.63) is 34.6 Å². The lowest BCUT2D eigenvalue weighted by molar-refractivity contribution is -0.113. The van der Waals surface area contributed by atoms with Crippen molar-refractivity contribution in [2.45, 2.75) is 50.9 Å². The molecular weight excluding hydrogens is 464 g/mol. The van der Waals surface area contributed by atoms with Crippen molar-refractivity contribution in [2.75, 3.05) is 24.8 Å². The number of aromatic nitrogens is 3. The van der Waals surface area contributed by atoms with Crippen LogP contribution in [0.2, 0.25) is 0 Å². The summed E-state index contributed by atoms with van der Waals surface area (Å²) in [6.45, 7) is 5.23. The number of nitrogens with zero attached hydrogens (tertiary/aromatic N) is 3.